The Morgan fingerprint density at radius 1 is 1.09 bits per heavy atom. The molecule has 3 aromatic rings. The van der Waals surface area contributed by atoms with Gasteiger partial charge in [-0.15, -0.1) is 0 Å². The molecule has 35 heavy (non-hydrogen) atoms. The predicted octanol–water partition coefficient (Wildman–Crippen LogP) is 4.63. The number of halogens is 1. The van der Waals surface area contributed by atoms with Gasteiger partial charge in [-0.05, 0) is 62.2 Å². The maximum absolute atomic E-state index is 13.7. The van der Waals surface area contributed by atoms with Gasteiger partial charge in [-0.25, -0.2) is 4.68 Å². The molecule has 0 spiro atoms. The number of esters is 1. The summed E-state index contributed by atoms with van der Waals surface area (Å²) < 4.78 is 17.7. The third kappa shape index (κ3) is 5.27. The molecule has 1 fully saturated rings. The van der Waals surface area contributed by atoms with Crippen molar-refractivity contribution in [3.8, 4) is 28.4 Å². The zero-order valence-electron chi connectivity index (χ0n) is 20.0. The SMILES string of the molecule is CCOC(=O)C1CCCN(C(=O)c2cc(-c3ccc(OC)cc3OC)nn2-c2ccc(Cl)cc2)C1. The number of benzene rings is 2. The van der Waals surface area contributed by atoms with Gasteiger partial charge in [0.2, 0.25) is 0 Å². The quantitative estimate of drug-likeness (QED) is 0.443. The summed E-state index contributed by atoms with van der Waals surface area (Å²) in [6, 6.07) is 14.3. The van der Waals surface area contributed by atoms with E-state index in [2.05, 4.69) is 0 Å². The molecule has 9 heteroatoms. The van der Waals surface area contributed by atoms with Gasteiger partial charge in [0.25, 0.3) is 5.91 Å². The fraction of sp³-hybridized carbons (Fsp3) is 0.346. The first-order chi connectivity index (χ1) is 16.9. The molecule has 1 saturated heterocycles. The number of carbonyl (C=O) groups excluding carboxylic acids is 2. The topological polar surface area (TPSA) is 82.9 Å². The molecular weight excluding hydrogens is 470 g/mol. The van der Waals surface area contributed by atoms with E-state index in [0.717, 1.165) is 12.0 Å². The van der Waals surface area contributed by atoms with E-state index >= 15 is 0 Å². The molecular formula is C26H28ClN3O5. The van der Waals surface area contributed by atoms with Gasteiger partial charge in [0.15, 0.2) is 0 Å². The van der Waals surface area contributed by atoms with Gasteiger partial charge >= 0.3 is 5.97 Å². The van der Waals surface area contributed by atoms with E-state index in [9.17, 15) is 9.59 Å². The lowest BCUT2D eigenvalue weighted by Gasteiger charge is -2.31. The van der Waals surface area contributed by atoms with Crippen molar-refractivity contribution in [3.05, 3.63) is 59.2 Å². The summed E-state index contributed by atoms with van der Waals surface area (Å²) in [5.41, 5.74) is 2.36. The van der Waals surface area contributed by atoms with Gasteiger partial charge in [0, 0.05) is 29.7 Å². The Hall–Kier alpha value is -3.52. The van der Waals surface area contributed by atoms with Crippen LogP contribution in [0, 0.1) is 5.92 Å². The van der Waals surface area contributed by atoms with Gasteiger partial charge in [0.05, 0.1) is 38.1 Å². The maximum atomic E-state index is 13.7. The monoisotopic (exact) mass is 497 g/mol. The second-order valence-corrected chi connectivity index (χ2v) is 8.65. The summed E-state index contributed by atoms with van der Waals surface area (Å²) in [4.78, 5) is 27.7. The minimum atomic E-state index is -0.333. The lowest BCUT2D eigenvalue weighted by atomic mass is 9.98. The number of methoxy groups -OCH3 is 2. The first-order valence-corrected chi connectivity index (χ1v) is 11.9. The molecule has 0 aliphatic carbocycles. The third-order valence-electron chi connectivity index (χ3n) is 6.01. The zero-order chi connectivity index (χ0) is 24.9. The van der Waals surface area contributed by atoms with Crippen molar-refractivity contribution < 1.29 is 23.8 Å². The van der Waals surface area contributed by atoms with E-state index in [-0.39, 0.29) is 17.8 Å². The summed E-state index contributed by atoms with van der Waals surface area (Å²) in [5.74, 6) is 0.419. The van der Waals surface area contributed by atoms with Crippen molar-refractivity contribution in [2.75, 3.05) is 33.9 Å². The molecule has 0 radical (unpaired) electrons. The molecule has 8 nitrogen and oxygen atoms in total. The smallest absolute Gasteiger partial charge is 0.310 e. The van der Waals surface area contributed by atoms with Crippen LogP contribution in [-0.4, -0.2) is 60.5 Å². The summed E-state index contributed by atoms with van der Waals surface area (Å²) in [7, 11) is 3.16. The minimum Gasteiger partial charge on any atom is -0.497 e. The second-order valence-electron chi connectivity index (χ2n) is 8.21. The van der Waals surface area contributed by atoms with Gasteiger partial charge in [-0.2, -0.15) is 5.10 Å². The van der Waals surface area contributed by atoms with E-state index < -0.39 is 0 Å². The van der Waals surface area contributed by atoms with Gasteiger partial charge in [0.1, 0.15) is 17.2 Å². The summed E-state index contributed by atoms with van der Waals surface area (Å²) in [6.07, 6.45) is 1.43. The number of ether oxygens (including phenoxy) is 3. The Morgan fingerprint density at radius 3 is 2.54 bits per heavy atom. The van der Waals surface area contributed by atoms with Crippen LogP contribution >= 0.6 is 11.6 Å². The largest absolute Gasteiger partial charge is 0.497 e. The number of piperidine rings is 1. The van der Waals surface area contributed by atoms with E-state index in [1.807, 2.05) is 12.1 Å². The Balaban J connectivity index is 1.74. The van der Waals surface area contributed by atoms with Crippen LogP contribution < -0.4 is 9.47 Å². The normalized spacial score (nSPS) is 15.5. The molecule has 2 heterocycles. The van der Waals surface area contributed by atoms with E-state index in [4.69, 9.17) is 30.9 Å². The average Bonchev–Trinajstić information content (AvgIpc) is 3.33. The molecule has 0 N–H and O–H groups in total. The Labute approximate surface area is 209 Å². The van der Waals surface area contributed by atoms with Gasteiger partial charge in [-0.1, -0.05) is 11.6 Å². The number of amides is 1. The van der Waals surface area contributed by atoms with E-state index in [1.165, 1.54) is 0 Å². The van der Waals surface area contributed by atoms with E-state index in [0.29, 0.717) is 59.7 Å². The van der Waals surface area contributed by atoms with Crippen LogP contribution in [0.2, 0.25) is 5.02 Å². The second kappa shape index (κ2) is 10.8. The summed E-state index contributed by atoms with van der Waals surface area (Å²) in [5, 5.41) is 5.34. The molecule has 1 aliphatic rings. The number of hydrogen-bond acceptors (Lipinski definition) is 6. The summed E-state index contributed by atoms with van der Waals surface area (Å²) >= 11 is 6.09. The molecule has 1 unspecified atom stereocenters. The first-order valence-electron chi connectivity index (χ1n) is 11.5. The van der Waals surface area contributed by atoms with Crippen LogP contribution in [0.3, 0.4) is 0 Å². The highest BCUT2D eigenvalue weighted by atomic mass is 35.5. The number of aromatic nitrogens is 2. The standard InChI is InChI=1S/C26H28ClN3O5/c1-4-35-26(32)17-6-5-13-29(16-17)25(31)23-15-22(21-12-11-20(33-2)14-24(21)34-3)28-30(23)19-9-7-18(27)8-10-19/h7-12,14-15,17H,4-6,13,16H2,1-3H3. The van der Waals surface area contributed by atoms with Gasteiger partial charge in [-0.3, -0.25) is 9.59 Å². The molecule has 1 aliphatic heterocycles. The number of hydrogen-bond donors (Lipinski definition) is 0. The van der Waals surface area contributed by atoms with Crippen LogP contribution in [0.5, 0.6) is 11.5 Å². The van der Waals surface area contributed by atoms with Gasteiger partial charge < -0.3 is 19.1 Å². The molecule has 1 amide bonds. The van der Waals surface area contributed by atoms with E-state index in [1.54, 1.807) is 67.1 Å². The fourth-order valence-corrected chi connectivity index (χ4v) is 4.36. The van der Waals surface area contributed by atoms with Crippen LogP contribution in [-0.2, 0) is 9.53 Å². The lowest BCUT2D eigenvalue weighted by molar-refractivity contribution is -0.149. The lowest BCUT2D eigenvalue weighted by Crippen LogP contribution is -2.43. The number of rotatable bonds is 7. The number of likely N-dealkylation sites (tertiary alicyclic amines) is 1. The van der Waals surface area contributed by atoms with Crippen molar-refractivity contribution in [3.63, 3.8) is 0 Å². The Bertz CT molecular complexity index is 1210. The molecule has 1 aromatic heterocycles. The van der Waals surface area contributed by atoms with Crippen molar-refractivity contribution in [1.82, 2.24) is 14.7 Å². The highest BCUT2D eigenvalue weighted by Crippen LogP contribution is 2.34. The van der Waals surface area contributed by atoms with Crippen LogP contribution in [0.15, 0.2) is 48.5 Å². The van der Waals surface area contributed by atoms with Crippen LogP contribution in [0.25, 0.3) is 16.9 Å². The average molecular weight is 498 g/mol. The van der Waals surface area contributed by atoms with Crippen molar-refractivity contribution in [1.29, 1.82) is 0 Å². The molecule has 0 saturated carbocycles. The third-order valence-corrected chi connectivity index (χ3v) is 6.26. The van der Waals surface area contributed by atoms with Crippen molar-refractivity contribution >= 4 is 23.5 Å². The van der Waals surface area contributed by atoms with Crippen LogP contribution in [0.4, 0.5) is 0 Å². The summed E-state index contributed by atoms with van der Waals surface area (Å²) in [6.45, 7) is 2.97. The van der Waals surface area contributed by atoms with Crippen molar-refractivity contribution in [2.45, 2.75) is 19.8 Å². The number of carbonyl (C=O) groups is 2. The molecule has 184 valence electrons. The Kier molecular flexibility index (Phi) is 7.60. The number of nitrogens with zero attached hydrogens (tertiary/aromatic N) is 3. The van der Waals surface area contributed by atoms with Crippen molar-refractivity contribution in [2.24, 2.45) is 5.92 Å². The highest BCUT2D eigenvalue weighted by Gasteiger charge is 2.32. The fourth-order valence-electron chi connectivity index (χ4n) is 4.23. The maximum Gasteiger partial charge on any atom is 0.310 e. The minimum absolute atomic E-state index is 0.208. The van der Waals surface area contributed by atoms with Crippen LogP contribution in [0.1, 0.15) is 30.3 Å². The Morgan fingerprint density at radius 2 is 1.86 bits per heavy atom. The molecule has 2 aromatic carbocycles. The molecule has 4 rings (SSSR count). The molecule has 1 atom stereocenters. The molecule has 0 bridgehead atoms. The highest BCUT2D eigenvalue weighted by molar-refractivity contribution is 6.30. The zero-order valence-corrected chi connectivity index (χ0v) is 20.7. The first kappa shape index (κ1) is 24.6. The predicted molar refractivity (Wildman–Crippen MR) is 132 cm³/mol.